The Kier molecular flexibility index (Phi) is 6.01. The molecule has 0 aliphatic heterocycles. The molecule has 1 atom stereocenters. The summed E-state index contributed by atoms with van der Waals surface area (Å²) < 4.78 is 27.9. The highest BCUT2D eigenvalue weighted by molar-refractivity contribution is 7.89. The third-order valence-corrected chi connectivity index (χ3v) is 4.70. The van der Waals surface area contributed by atoms with Crippen LogP contribution in [0, 0.1) is 6.92 Å². The van der Waals surface area contributed by atoms with E-state index in [-0.39, 0.29) is 15.5 Å². The Labute approximate surface area is 156 Å². The second kappa shape index (κ2) is 7.86. The van der Waals surface area contributed by atoms with E-state index in [0.717, 1.165) is 11.6 Å². The summed E-state index contributed by atoms with van der Waals surface area (Å²) in [6, 6.07) is 10.5. The molecule has 0 aromatic heterocycles. The fraction of sp³-hybridized carbons (Fsp3) is 0.176. The summed E-state index contributed by atoms with van der Waals surface area (Å²) in [7, 11) is -4.01. The lowest BCUT2D eigenvalue weighted by molar-refractivity contribution is -0.123. The van der Waals surface area contributed by atoms with Gasteiger partial charge in [0, 0.05) is 5.69 Å². The Morgan fingerprint density at radius 1 is 1.15 bits per heavy atom. The van der Waals surface area contributed by atoms with Crippen molar-refractivity contribution in [2.75, 3.05) is 5.32 Å². The number of carbonyl (C=O) groups is 2. The van der Waals surface area contributed by atoms with Crippen LogP contribution in [0.3, 0.4) is 0 Å². The fourth-order valence-electron chi connectivity index (χ4n) is 2.00. The molecule has 0 bridgehead atoms. The van der Waals surface area contributed by atoms with Crippen LogP contribution >= 0.6 is 11.6 Å². The van der Waals surface area contributed by atoms with Gasteiger partial charge in [0.15, 0.2) is 6.10 Å². The van der Waals surface area contributed by atoms with Crippen molar-refractivity contribution >= 4 is 39.2 Å². The Balaban J connectivity index is 2.11. The Morgan fingerprint density at radius 2 is 1.77 bits per heavy atom. The number of rotatable bonds is 5. The number of esters is 1. The van der Waals surface area contributed by atoms with Gasteiger partial charge < -0.3 is 10.1 Å². The van der Waals surface area contributed by atoms with E-state index in [1.807, 2.05) is 19.1 Å². The van der Waals surface area contributed by atoms with Gasteiger partial charge >= 0.3 is 5.97 Å². The van der Waals surface area contributed by atoms with Crippen molar-refractivity contribution in [1.82, 2.24) is 0 Å². The van der Waals surface area contributed by atoms with Crippen molar-refractivity contribution in [2.24, 2.45) is 5.14 Å². The van der Waals surface area contributed by atoms with Crippen LogP contribution in [-0.4, -0.2) is 26.4 Å². The molecule has 9 heteroatoms. The number of hydrogen-bond donors (Lipinski definition) is 2. The molecule has 2 aromatic carbocycles. The number of aryl methyl sites for hydroxylation is 1. The maximum absolute atomic E-state index is 12.2. The van der Waals surface area contributed by atoms with Crippen molar-refractivity contribution < 1.29 is 22.7 Å². The van der Waals surface area contributed by atoms with Crippen LogP contribution in [0.1, 0.15) is 22.8 Å². The largest absolute Gasteiger partial charge is 0.449 e. The highest BCUT2D eigenvalue weighted by Gasteiger charge is 2.22. The van der Waals surface area contributed by atoms with Crippen LogP contribution < -0.4 is 10.5 Å². The van der Waals surface area contributed by atoms with E-state index in [4.69, 9.17) is 21.5 Å². The number of ether oxygens (including phenoxy) is 1. The Bertz CT molecular complexity index is 942. The highest BCUT2D eigenvalue weighted by atomic mass is 35.5. The van der Waals surface area contributed by atoms with Gasteiger partial charge in [-0.15, -0.1) is 0 Å². The number of nitrogens with one attached hydrogen (secondary N) is 1. The summed E-state index contributed by atoms with van der Waals surface area (Å²) in [6.45, 7) is 3.30. The van der Waals surface area contributed by atoms with Crippen LogP contribution in [0.5, 0.6) is 0 Å². The van der Waals surface area contributed by atoms with E-state index in [0.29, 0.717) is 5.69 Å². The lowest BCUT2D eigenvalue weighted by atomic mass is 10.2. The minimum Gasteiger partial charge on any atom is -0.449 e. The summed E-state index contributed by atoms with van der Waals surface area (Å²) >= 11 is 5.91. The van der Waals surface area contributed by atoms with Gasteiger partial charge in [-0.25, -0.2) is 18.4 Å². The number of nitrogens with two attached hydrogens (primary N) is 1. The number of carbonyl (C=O) groups excluding carboxylic acids is 2. The predicted octanol–water partition coefficient (Wildman–Crippen LogP) is 2.48. The normalized spacial score (nSPS) is 12.3. The second-order valence-corrected chi connectivity index (χ2v) is 7.56. The van der Waals surface area contributed by atoms with E-state index in [9.17, 15) is 18.0 Å². The number of anilines is 1. The molecule has 0 aliphatic carbocycles. The zero-order valence-corrected chi connectivity index (χ0v) is 15.6. The number of sulfonamides is 1. The maximum Gasteiger partial charge on any atom is 0.340 e. The van der Waals surface area contributed by atoms with E-state index in [1.54, 1.807) is 12.1 Å². The fourth-order valence-corrected chi connectivity index (χ4v) is 2.73. The predicted molar refractivity (Wildman–Crippen MR) is 97.5 cm³/mol. The van der Waals surface area contributed by atoms with Crippen LogP contribution in [0.4, 0.5) is 5.69 Å². The van der Waals surface area contributed by atoms with Crippen molar-refractivity contribution in [2.45, 2.75) is 24.8 Å². The minimum atomic E-state index is -4.01. The molecule has 26 heavy (non-hydrogen) atoms. The highest BCUT2D eigenvalue weighted by Crippen LogP contribution is 2.21. The summed E-state index contributed by atoms with van der Waals surface area (Å²) in [6.07, 6.45) is -1.13. The molecule has 2 aromatic rings. The van der Waals surface area contributed by atoms with Gasteiger partial charge in [-0.1, -0.05) is 29.3 Å². The lowest BCUT2D eigenvalue weighted by Gasteiger charge is -2.14. The zero-order valence-electron chi connectivity index (χ0n) is 14.0. The second-order valence-electron chi connectivity index (χ2n) is 5.59. The van der Waals surface area contributed by atoms with Gasteiger partial charge in [0.1, 0.15) is 0 Å². The van der Waals surface area contributed by atoms with Crippen LogP contribution in [0.15, 0.2) is 47.4 Å². The maximum atomic E-state index is 12.2. The molecule has 0 spiro atoms. The van der Waals surface area contributed by atoms with Crippen molar-refractivity contribution in [1.29, 1.82) is 0 Å². The van der Waals surface area contributed by atoms with Gasteiger partial charge in [0.25, 0.3) is 5.91 Å². The summed E-state index contributed by atoms with van der Waals surface area (Å²) in [4.78, 5) is 24.1. The molecule has 0 saturated carbocycles. The Morgan fingerprint density at radius 3 is 2.35 bits per heavy atom. The summed E-state index contributed by atoms with van der Waals surface area (Å²) in [5.41, 5.74) is 1.39. The third-order valence-electron chi connectivity index (χ3n) is 3.46. The number of halogens is 1. The average Bonchev–Trinajstić information content (AvgIpc) is 2.56. The molecular weight excluding hydrogens is 380 g/mol. The number of amides is 1. The molecule has 7 nitrogen and oxygen atoms in total. The number of benzene rings is 2. The average molecular weight is 397 g/mol. The standard InChI is InChI=1S/C17H17ClN2O5S/c1-10-3-5-12(6-4-10)20-16(21)11(2)25-17(22)14-9-13(26(19,23)24)7-8-15(14)18/h3-9,11H,1-2H3,(H,20,21)(H2,19,23,24)/t11-/m0/s1. The first kappa shape index (κ1) is 19.9. The first-order valence-electron chi connectivity index (χ1n) is 7.49. The summed E-state index contributed by atoms with van der Waals surface area (Å²) in [5.74, 6) is -1.48. The van der Waals surface area contributed by atoms with E-state index in [1.165, 1.54) is 19.1 Å². The van der Waals surface area contributed by atoms with Crippen molar-refractivity contribution in [3.05, 3.63) is 58.6 Å². The van der Waals surface area contributed by atoms with Gasteiger partial charge in [0.2, 0.25) is 10.0 Å². The zero-order chi connectivity index (χ0) is 19.5. The summed E-state index contributed by atoms with van der Waals surface area (Å²) in [5, 5.41) is 7.63. The Hall–Kier alpha value is -2.42. The van der Waals surface area contributed by atoms with Crippen molar-refractivity contribution in [3.8, 4) is 0 Å². The number of hydrogen-bond acceptors (Lipinski definition) is 5. The van der Waals surface area contributed by atoms with Gasteiger partial charge in [-0.3, -0.25) is 4.79 Å². The molecule has 0 radical (unpaired) electrons. The number of primary sulfonamides is 1. The van der Waals surface area contributed by atoms with Crippen LogP contribution in [0.2, 0.25) is 5.02 Å². The molecule has 0 aliphatic rings. The molecule has 2 rings (SSSR count). The van der Waals surface area contributed by atoms with E-state index in [2.05, 4.69) is 5.32 Å². The monoisotopic (exact) mass is 396 g/mol. The topological polar surface area (TPSA) is 116 Å². The molecule has 138 valence electrons. The smallest absolute Gasteiger partial charge is 0.340 e. The van der Waals surface area contributed by atoms with Crippen LogP contribution in [-0.2, 0) is 19.6 Å². The van der Waals surface area contributed by atoms with E-state index >= 15 is 0 Å². The SMILES string of the molecule is Cc1ccc(NC(=O)[C@H](C)OC(=O)c2cc(S(N)(=O)=O)ccc2Cl)cc1. The van der Waals surface area contributed by atoms with Crippen molar-refractivity contribution in [3.63, 3.8) is 0 Å². The van der Waals surface area contributed by atoms with Gasteiger partial charge in [-0.05, 0) is 44.2 Å². The molecule has 0 fully saturated rings. The molecule has 0 unspecified atom stereocenters. The molecular formula is C17H17ClN2O5S. The molecule has 1 amide bonds. The quantitative estimate of drug-likeness (QED) is 0.753. The first-order chi connectivity index (χ1) is 12.1. The third kappa shape index (κ3) is 5.04. The molecule has 0 saturated heterocycles. The molecule has 3 N–H and O–H groups in total. The van der Waals surface area contributed by atoms with E-state index < -0.39 is 28.0 Å². The minimum absolute atomic E-state index is 0.0199. The van der Waals surface area contributed by atoms with Crippen LogP contribution in [0.25, 0.3) is 0 Å². The molecule has 0 heterocycles. The lowest BCUT2D eigenvalue weighted by Crippen LogP contribution is -2.30. The van der Waals surface area contributed by atoms with Gasteiger partial charge in [-0.2, -0.15) is 0 Å². The van der Waals surface area contributed by atoms with Gasteiger partial charge in [0.05, 0.1) is 15.5 Å². The first-order valence-corrected chi connectivity index (χ1v) is 9.41.